The van der Waals surface area contributed by atoms with Crippen LogP contribution < -0.4 is 21.3 Å². The molecular formula is C32H42N6O4. The van der Waals surface area contributed by atoms with Gasteiger partial charge in [-0.25, -0.2) is 0 Å². The predicted octanol–water partition coefficient (Wildman–Crippen LogP) is 3.80. The van der Waals surface area contributed by atoms with Crippen molar-refractivity contribution in [1.29, 1.82) is 0 Å². The summed E-state index contributed by atoms with van der Waals surface area (Å²) in [5, 5.41) is 10.7. The molecule has 2 aromatic rings. The van der Waals surface area contributed by atoms with E-state index >= 15 is 0 Å². The third-order valence-electron chi connectivity index (χ3n) is 7.04. The zero-order chi connectivity index (χ0) is 31.2. The van der Waals surface area contributed by atoms with Gasteiger partial charge in [-0.05, 0) is 59.8 Å². The number of hydrogen-bond acceptors (Lipinski definition) is 6. The normalized spacial score (nSPS) is 19.1. The van der Waals surface area contributed by atoms with E-state index in [1.807, 2.05) is 12.1 Å². The standard InChI is InChI=1S/2C16H21N3O2/c2*1-10-5-7-13(15(21)18-10)19-14(20)12-8-6-11(9-17-12)16(2,3)4/h2*6,8-9,13H,1,5,7H2,2-4H3,(H,18,21)(H,19,20). The fraction of sp³-hybridized carbons (Fsp3) is 0.438. The number of rotatable bonds is 4. The van der Waals surface area contributed by atoms with E-state index in [4.69, 9.17) is 0 Å². The van der Waals surface area contributed by atoms with E-state index in [0.29, 0.717) is 48.5 Å². The molecule has 2 aromatic heterocycles. The third-order valence-corrected chi connectivity index (χ3v) is 7.04. The summed E-state index contributed by atoms with van der Waals surface area (Å²) in [4.78, 5) is 56.1. The Morgan fingerprint density at radius 2 is 1.07 bits per heavy atom. The molecule has 10 nitrogen and oxygen atoms in total. The van der Waals surface area contributed by atoms with Crippen LogP contribution in [-0.2, 0) is 20.4 Å². The Labute approximate surface area is 247 Å². The van der Waals surface area contributed by atoms with Crippen LogP contribution in [0.2, 0.25) is 0 Å². The van der Waals surface area contributed by atoms with Crippen LogP contribution in [0.25, 0.3) is 0 Å². The van der Waals surface area contributed by atoms with Gasteiger partial charge in [0.25, 0.3) is 11.8 Å². The highest BCUT2D eigenvalue weighted by Crippen LogP contribution is 2.22. The van der Waals surface area contributed by atoms with Gasteiger partial charge in [0.2, 0.25) is 11.8 Å². The zero-order valence-corrected chi connectivity index (χ0v) is 25.4. The lowest BCUT2D eigenvalue weighted by Gasteiger charge is -2.24. The highest BCUT2D eigenvalue weighted by atomic mass is 16.2. The smallest absolute Gasteiger partial charge is 0.270 e. The van der Waals surface area contributed by atoms with Crippen LogP contribution in [0.15, 0.2) is 61.2 Å². The van der Waals surface area contributed by atoms with E-state index in [0.717, 1.165) is 11.1 Å². The second kappa shape index (κ2) is 13.1. The van der Waals surface area contributed by atoms with Gasteiger partial charge in [-0.15, -0.1) is 0 Å². The first-order valence-electron chi connectivity index (χ1n) is 14.1. The molecule has 2 unspecified atom stereocenters. The molecular weight excluding hydrogens is 532 g/mol. The van der Waals surface area contributed by atoms with E-state index in [-0.39, 0.29) is 34.5 Å². The summed E-state index contributed by atoms with van der Waals surface area (Å²) in [5.41, 5.74) is 4.13. The maximum absolute atomic E-state index is 12.1. The van der Waals surface area contributed by atoms with Gasteiger partial charge in [0.15, 0.2) is 0 Å². The van der Waals surface area contributed by atoms with Crippen molar-refractivity contribution < 1.29 is 19.2 Å². The molecule has 2 saturated heterocycles. The first-order chi connectivity index (χ1) is 19.5. The van der Waals surface area contributed by atoms with Gasteiger partial charge >= 0.3 is 0 Å². The molecule has 0 radical (unpaired) electrons. The molecule has 4 rings (SSSR count). The van der Waals surface area contributed by atoms with E-state index in [9.17, 15) is 19.2 Å². The van der Waals surface area contributed by atoms with Crippen LogP contribution in [0.4, 0.5) is 0 Å². The van der Waals surface area contributed by atoms with Crippen LogP contribution in [0.3, 0.4) is 0 Å². The molecule has 0 saturated carbocycles. The van der Waals surface area contributed by atoms with Crippen molar-refractivity contribution in [3.63, 3.8) is 0 Å². The molecule has 42 heavy (non-hydrogen) atoms. The number of carbonyl (C=O) groups excluding carboxylic acids is 4. The lowest BCUT2D eigenvalue weighted by Crippen LogP contribution is -2.49. The lowest BCUT2D eigenvalue weighted by atomic mass is 9.88. The summed E-state index contributed by atoms with van der Waals surface area (Å²) in [7, 11) is 0. The maximum atomic E-state index is 12.1. The number of allylic oxidation sites excluding steroid dienone is 2. The fourth-order valence-corrected chi connectivity index (χ4v) is 4.23. The average Bonchev–Trinajstić information content (AvgIpc) is 2.91. The highest BCUT2D eigenvalue weighted by Gasteiger charge is 2.27. The Bertz CT molecular complexity index is 1250. The maximum Gasteiger partial charge on any atom is 0.270 e. The monoisotopic (exact) mass is 574 g/mol. The highest BCUT2D eigenvalue weighted by molar-refractivity contribution is 5.97. The van der Waals surface area contributed by atoms with Crippen LogP contribution >= 0.6 is 0 Å². The SMILES string of the molecule is C=C1CCC(NC(=O)c2ccc(C(C)(C)C)cn2)C(=O)N1.C=C1CCC(NC(=O)c2ccc(C(C)(C)C)cn2)C(=O)N1. The second-order valence-electron chi connectivity index (χ2n) is 12.7. The van der Waals surface area contributed by atoms with Gasteiger partial charge in [-0.2, -0.15) is 0 Å². The number of nitrogens with zero attached hydrogens (tertiary/aromatic N) is 2. The van der Waals surface area contributed by atoms with Gasteiger partial charge in [-0.1, -0.05) is 66.8 Å². The van der Waals surface area contributed by atoms with Gasteiger partial charge in [0.1, 0.15) is 23.5 Å². The first kappa shape index (κ1) is 32.2. The van der Waals surface area contributed by atoms with Crippen molar-refractivity contribution in [2.24, 2.45) is 0 Å². The predicted molar refractivity (Wildman–Crippen MR) is 161 cm³/mol. The van der Waals surface area contributed by atoms with Crippen LogP contribution in [-0.4, -0.2) is 45.7 Å². The Hall–Kier alpha value is -4.34. The molecule has 224 valence electrons. The quantitative estimate of drug-likeness (QED) is 0.438. The molecule has 2 aliphatic rings. The number of hydrogen-bond donors (Lipinski definition) is 4. The fourth-order valence-electron chi connectivity index (χ4n) is 4.23. The Kier molecular flexibility index (Phi) is 10.0. The number of piperidine rings is 2. The third kappa shape index (κ3) is 8.83. The molecule has 0 aromatic carbocycles. The molecule has 4 heterocycles. The van der Waals surface area contributed by atoms with E-state index in [1.165, 1.54) is 0 Å². The largest absolute Gasteiger partial charge is 0.339 e. The Balaban J connectivity index is 0.000000230. The van der Waals surface area contributed by atoms with Crippen molar-refractivity contribution >= 4 is 23.6 Å². The summed E-state index contributed by atoms with van der Waals surface area (Å²) in [6, 6.07) is 6.12. The van der Waals surface area contributed by atoms with Gasteiger partial charge in [0, 0.05) is 23.8 Å². The van der Waals surface area contributed by atoms with Crippen molar-refractivity contribution in [2.75, 3.05) is 0 Å². The molecule has 2 fully saturated rings. The molecule has 0 bridgehead atoms. The molecule has 2 aliphatic heterocycles. The van der Waals surface area contributed by atoms with Gasteiger partial charge in [-0.3, -0.25) is 29.1 Å². The molecule has 10 heteroatoms. The molecule has 4 N–H and O–H groups in total. The number of nitrogens with one attached hydrogen (secondary N) is 4. The minimum absolute atomic E-state index is 0.00831. The van der Waals surface area contributed by atoms with Crippen molar-refractivity contribution in [3.05, 3.63) is 83.7 Å². The number of amides is 4. The number of carbonyl (C=O) groups is 4. The van der Waals surface area contributed by atoms with E-state index < -0.39 is 12.1 Å². The number of aromatic nitrogens is 2. The van der Waals surface area contributed by atoms with Gasteiger partial charge in [0.05, 0.1) is 0 Å². The molecule has 4 amide bonds. The lowest BCUT2D eigenvalue weighted by molar-refractivity contribution is -0.124. The molecule has 0 spiro atoms. The minimum Gasteiger partial charge on any atom is -0.339 e. The van der Waals surface area contributed by atoms with Crippen LogP contribution in [0.1, 0.15) is 99.3 Å². The minimum atomic E-state index is -0.521. The van der Waals surface area contributed by atoms with E-state index in [1.54, 1.807) is 24.5 Å². The average molecular weight is 575 g/mol. The van der Waals surface area contributed by atoms with Crippen LogP contribution in [0.5, 0.6) is 0 Å². The van der Waals surface area contributed by atoms with Crippen molar-refractivity contribution in [1.82, 2.24) is 31.2 Å². The number of pyridine rings is 2. The zero-order valence-electron chi connectivity index (χ0n) is 25.4. The summed E-state index contributed by atoms with van der Waals surface area (Å²) < 4.78 is 0. The van der Waals surface area contributed by atoms with Crippen LogP contribution in [0, 0.1) is 0 Å². The van der Waals surface area contributed by atoms with Crippen molar-refractivity contribution in [2.45, 2.75) is 90.1 Å². The first-order valence-corrected chi connectivity index (χ1v) is 14.1. The van der Waals surface area contributed by atoms with E-state index in [2.05, 4.69) is 85.9 Å². The summed E-state index contributed by atoms with van der Waals surface area (Å²) >= 11 is 0. The second-order valence-corrected chi connectivity index (χ2v) is 12.7. The Morgan fingerprint density at radius 1 is 0.714 bits per heavy atom. The summed E-state index contributed by atoms with van der Waals surface area (Å²) in [5.74, 6) is -1.09. The summed E-state index contributed by atoms with van der Waals surface area (Å²) in [6.07, 6.45) is 5.89. The molecule has 0 aliphatic carbocycles. The van der Waals surface area contributed by atoms with Gasteiger partial charge < -0.3 is 21.3 Å². The Morgan fingerprint density at radius 3 is 1.33 bits per heavy atom. The van der Waals surface area contributed by atoms with Crippen molar-refractivity contribution in [3.8, 4) is 0 Å². The summed E-state index contributed by atoms with van der Waals surface area (Å²) in [6.45, 7) is 19.9. The molecule has 2 atom stereocenters. The topological polar surface area (TPSA) is 142 Å².